The van der Waals surface area contributed by atoms with Gasteiger partial charge in [0, 0.05) is 25.8 Å². The first-order valence-electron chi connectivity index (χ1n) is 8.52. The third-order valence-electron chi connectivity index (χ3n) is 4.38. The fourth-order valence-electron chi connectivity index (χ4n) is 2.83. The van der Waals surface area contributed by atoms with Crippen LogP contribution in [-0.2, 0) is 0 Å². The molecule has 1 amide bonds. The maximum Gasteiger partial charge on any atom is 0.270 e. The van der Waals surface area contributed by atoms with E-state index in [-0.39, 0.29) is 23.9 Å². The predicted molar refractivity (Wildman–Crippen MR) is 91.8 cm³/mol. The summed E-state index contributed by atoms with van der Waals surface area (Å²) < 4.78 is 5.48. The topological polar surface area (TPSA) is 96.2 Å². The number of pyridine rings is 1. The van der Waals surface area contributed by atoms with Crippen molar-refractivity contribution >= 4 is 5.91 Å². The molecule has 3 heterocycles. The minimum absolute atomic E-state index is 0.0746. The highest BCUT2D eigenvalue weighted by molar-refractivity contribution is 5.92. The van der Waals surface area contributed by atoms with E-state index >= 15 is 0 Å². The van der Waals surface area contributed by atoms with Crippen molar-refractivity contribution in [2.45, 2.75) is 25.9 Å². The first-order valence-corrected chi connectivity index (χ1v) is 8.52. The van der Waals surface area contributed by atoms with Crippen LogP contribution in [0.4, 0.5) is 0 Å². The molecule has 134 valence electrons. The smallest absolute Gasteiger partial charge is 0.270 e. The van der Waals surface area contributed by atoms with Crippen LogP contribution in [0.25, 0.3) is 0 Å². The first kappa shape index (κ1) is 17.5. The number of hydrogen-bond acceptors (Lipinski definition) is 7. The minimum atomic E-state index is -0.363. The fourth-order valence-corrected chi connectivity index (χ4v) is 2.83. The van der Waals surface area contributed by atoms with Crippen LogP contribution in [0.15, 0.2) is 28.9 Å². The molecule has 8 heteroatoms. The molecule has 0 radical (unpaired) electrons. The summed E-state index contributed by atoms with van der Waals surface area (Å²) in [6.45, 7) is 6.66. The number of likely N-dealkylation sites (N-methyl/N-ethyl adjacent to an activating group) is 1. The molecule has 1 fully saturated rings. The Balaban J connectivity index is 1.76. The maximum atomic E-state index is 12.4. The van der Waals surface area contributed by atoms with Gasteiger partial charge in [0.05, 0.1) is 6.04 Å². The van der Waals surface area contributed by atoms with E-state index in [0.29, 0.717) is 17.4 Å². The number of nitrogens with one attached hydrogen (secondary N) is 2. The summed E-state index contributed by atoms with van der Waals surface area (Å²) in [5, 5.41) is 10.4. The molecule has 0 bridgehead atoms. The summed E-state index contributed by atoms with van der Waals surface area (Å²) in [4.78, 5) is 23.2. The zero-order chi connectivity index (χ0) is 17.8. The highest BCUT2D eigenvalue weighted by Crippen LogP contribution is 2.24. The van der Waals surface area contributed by atoms with Gasteiger partial charge in [-0.25, -0.2) is 0 Å². The summed E-state index contributed by atoms with van der Waals surface area (Å²) >= 11 is 0. The monoisotopic (exact) mass is 344 g/mol. The summed E-state index contributed by atoms with van der Waals surface area (Å²) in [6.07, 6.45) is 1.59. The molecule has 25 heavy (non-hydrogen) atoms. The van der Waals surface area contributed by atoms with E-state index in [4.69, 9.17) is 4.52 Å². The zero-order valence-corrected chi connectivity index (χ0v) is 14.8. The largest absolute Gasteiger partial charge is 0.339 e. The average molecular weight is 344 g/mol. The molecular weight excluding hydrogens is 320 g/mol. The number of carbonyl (C=O) groups excluding carboxylic acids is 1. The van der Waals surface area contributed by atoms with Crippen molar-refractivity contribution in [1.82, 2.24) is 30.7 Å². The van der Waals surface area contributed by atoms with Crippen LogP contribution in [0.2, 0.25) is 0 Å². The normalized spacial score (nSPS) is 19.8. The SMILES string of the molecule is CC(C)C(NC(=O)c1ccccn1)c1nc(C2CNCCN2C)no1. The van der Waals surface area contributed by atoms with Crippen molar-refractivity contribution in [2.24, 2.45) is 5.92 Å². The molecule has 2 atom stereocenters. The van der Waals surface area contributed by atoms with E-state index in [2.05, 4.69) is 30.7 Å². The van der Waals surface area contributed by atoms with Crippen molar-refractivity contribution in [3.63, 3.8) is 0 Å². The molecule has 2 aromatic rings. The van der Waals surface area contributed by atoms with E-state index in [1.165, 1.54) is 0 Å². The summed E-state index contributed by atoms with van der Waals surface area (Å²) in [5.74, 6) is 0.911. The minimum Gasteiger partial charge on any atom is -0.339 e. The maximum absolute atomic E-state index is 12.4. The van der Waals surface area contributed by atoms with Gasteiger partial charge in [-0.3, -0.25) is 14.7 Å². The van der Waals surface area contributed by atoms with Gasteiger partial charge in [0.15, 0.2) is 5.82 Å². The molecule has 0 aliphatic carbocycles. The first-order chi connectivity index (χ1) is 12.1. The molecule has 0 spiro atoms. The van der Waals surface area contributed by atoms with Gasteiger partial charge in [-0.1, -0.05) is 25.1 Å². The number of piperazine rings is 1. The Kier molecular flexibility index (Phi) is 5.40. The highest BCUT2D eigenvalue weighted by Gasteiger charge is 2.29. The quantitative estimate of drug-likeness (QED) is 0.840. The van der Waals surface area contributed by atoms with Crippen LogP contribution >= 0.6 is 0 Å². The molecular formula is C17H24N6O2. The lowest BCUT2D eigenvalue weighted by Gasteiger charge is -2.30. The molecule has 8 nitrogen and oxygen atoms in total. The number of rotatable bonds is 5. The molecule has 1 saturated heterocycles. The lowest BCUT2D eigenvalue weighted by atomic mass is 10.0. The molecule has 1 aliphatic heterocycles. The predicted octanol–water partition coefficient (Wildman–Crippen LogP) is 1.17. The van der Waals surface area contributed by atoms with Gasteiger partial charge in [0.1, 0.15) is 11.7 Å². The molecule has 3 rings (SSSR count). The van der Waals surface area contributed by atoms with Crippen LogP contribution < -0.4 is 10.6 Å². The number of hydrogen-bond donors (Lipinski definition) is 2. The van der Waals surface area contributed by atoms with Crippen LogP contribution in [0.5, 0.6) is 0 Å². The zero-order valence-electron chi connectivity index (χ0n) is 14.8. The Morgan fingerprint density at radius 1 is 1.44 bits per heavy atom. The van der Waals surface area contributed by atoms with Crippen LogP contribution in [0.3, 0.4) is 0 Å². The van der Waals surface area contributed by atoms with Gasteiger partial charge in [0.25, 0.3) is 5.91 Å². The van der Waals surface area contributed by atoms with E-state index < -0.39 is 0 Å². The second-order valence-corrected chi connectivity index (χ2v) is 6.60. The van der Waals surface area contributed by atoms with Gasteiger partial charge >= 0.3 is 0 Å². The van der Waals surface area contributed by atoms with Crippen molar-refractivity contribution in [1.29, 1.82) is 0 Å². The van der Waals surface area contributed by atoms with E-state index in [0.717, 1.165) is 19.6 Å². The number of amides is 1. The molecule has 2 unspecified atom stereocenters. The second kappa shape index (κ2) is 7.71. The summed E-state index contributed by atoms with van der Waals surface area (Å²) in [5.41, 5.74) is 0.365. The lowest BCUT2D eigenvalue weighted by molar-refractivity contribution is 0.0909. The number of nitrogens with zero attached hydrogens (tertiary/aromatic N) is 4. The van der Waals surface area contributed by atoms with Crippen molar-refractivity contribution in [2.75, 3.05) is 26.7 Å². The summed E-state index contributed by atoms with van der Waals surface area (Å²) in [7, 11) is 2.05. The Labute approximate surface area is 147 Å². The van der Waals surface area contributed by atoms with Crippen LogP contribution in [0.1, 0.15) is 48.1 Å². The average Bonchev–Trinajstić information content (AvgIpc) is 3.09. The van der Waals surface area contributed by atoms with Crippen molar-refractivity contribution < 1.29 is 9.32 Å². The Hall–Kier alpha value is -2.32. The summed E-state index contributed by atoms with van der Waals surface area (Å²) in [6, 6.07) is 4.94. The second-order valence-electron chi connectivity index (χ2n) is 6.60. The number of aromatic nitrogens is 3. The van der Waals surface area contributed by atoms with Gasteiger partial charge in [0.2, 0.25) is 5.89 Å². The van der Waals surface area contributed by atoms with E-state index in [1.54, 1.807) is 24.4 Å². The van der Waals surface area contributed by atoms with E-state index in [9.17, 15) is 4.79 Å². The van der Waals surface area contributed by atoms with Crippen molar-refractivity contribution in [3.05, 3.63) is 41.8 Å². The third kappa shape index (κ3) is 4.02. The molecule has 2 N–H and O–H groups in total. The van der Waals surface area contributed by atoms with Gasteiger partial charge in [-0.2, -0.15) is 4.98 Å². The van der Waals surface area contributed by atoms with E-state index in [1.807, 2.05) is 20.9 Å². The number of carbonyl (C=O) groups is 1. The Bertz CT molecular complexity index is 702. The molecule has 1 aliphatic rings. The lowest BCUT2D eigenvalue weighted by Crippen LogP contribution is -2.44. The Morgan fingerprint density at radius 2 is 2.28 bits per heavy atom. The van der Waals surface area contributed by atoms with Crippen LogP contribution in [0, 0.1) is 5.92 Å². The highest BCUT2D eigenvalue weighted by atomic mass is 16.5. The van der Waals surface area contributed by atoms with Gasteiger partial charge < -0.3 is 15.2 Å². The third-order valence-corrected chi connectivity index (χ3v) is 4.38. The van der Waals surface area contributed by atoms with Crippen LogP contribution in [-0.4, -0.2) is 52.6 Å². The Morgan fingerprint density at radius 3 is 2.96 bits per heavy atom. The fraction of sp³-hybridized carbons (Fsp3) is 0.529. The van der Waals surface area contributed by atoms with Gasteiger partial charge in [-0.05, 0) is 25.1 Å². The van der Waals surface area contributed by atoms with Gasteiger partial charge in [-0.15, -0.1) is 0 Å². The molecule has 0 saturated carbocycles. The van der Waals surface area contributed by atoms with Crippen molar-refractivity contribution in [3.8, 4) is 0 Å². The molecule has 2 aromatic heterocycles. The standard InChI is InChI=1S/C17H24N6O2/c1-11(2)14(20-16(24)12-6-4-5-7-19-12)17-21-15(22-25-17)13-10-18-8-9-23(13)3/h4-7,11,13-14,18H,8-10H2,1-3H3,(H,20,24). The molecule has 0 aromatic carbocycles.